The van der Waals surface area contributed by atoms with Crippen LogP contribution in [0.1, 0.15) is 44.2 Å². The first-order chi connectivity index (χ1) is 7.79. The lowest BCUT2D eigenvalue weighted by atomic mass is 10.0. The maximum absolute atomic E-state index is 3.66. The SMILES string of the molecule is CCCNC(CC1CC1)c1cccc(Br)c1. The summed E-state index contributed by atoms with van der Waals surface area (Å²) in [5.74, 6) is 0.966. The third-order valence-electron chi connectivity index (χ3n) is 3.16. The molecular weight excluding hydrogens is 262 g/mol. The van der Waals surface area contributed by atoms with E-state index < -0.39 is 0 Å². The van der Waals surface area contributed by atoms with E-state index in [4.69, 9.17) is 0 Å². The van der Waals surface area contributed by atoms with Crippen LogP contribution in [0.5, 0.6) is 0 Å². The Hall–Kier alpha value is -0.340. The lowest BCUT2D eigenvalue weighted by Crippen LogP contribution is -2.22. The molecule has 1 N–H and O–H groups in total. The predicted octanol–water partition coefficient (Wildman–Crippen LogP) is 4.29. The van der Waals surface area contributed by atoms with Crippen LogP contribution in [0.2, 0.25) is 0 Å². The zero-order chi connectivity index (χ0) is 11.4. The van der Waals surface area contributed by atoms with Gasteiger partial charge in [0.2, 0.25) is 0 Å². The van der Waals surface area contributed by atoms with Crippen molar-refractivity contribution in [3.05, 3.63) is 34.3 Å². The van der Waals surface area contributed by atoms with E-state index in [0.717, 1.165) is 12.5 Å². The molecule has 1 atom stereocenters. The molecule has 1 aromatic rings. The van der Waals surface area contributed by atoms with Gasteiger partial charge in [0.15, 0.2) is 0 Å². The highest BCUT2D eigenvalue weighted by atomic mass is 79.9. The quantitative estimate of drug-likeness (QED) is 0.820. The van der Waals surface area contributed by atoms with Crippen molar-refractivity contribution in [3.8, 4) is 0 Å². The second kappa shape index (κ2) is 5.83. The minimum atomic E-state index is 0.546. The summed E-state index contributed by atoms with van der Waals surface area (Å²) in [5, 5.41) is 3.66. The molecule has 0 aromatic heterocycles. The van der Waals surface area contributed by atoms with Crippen LogP contribution >= 0.6 is 15.9 Å². The molecule has 1 fully saturated rings. The summed E-state index contributed by atoms with van der Waals surface area (Å²) >= 11 is 3.55. The molecule has 1 aliphatic carbocycles. The second-order valence-electron chi connectivity index (χ2n) is 4.74. The normalized spacial score (nSPS) is 17.4. The Balaban J connectivity index is 2.03. The Labute approximate surface area is 107 Å². The van der Waals surface area contributed by atoms with E-state index in [2.05, 4.69) is 52.4 Å². The van der Waals surface area contributed by atoms with E-state index in [9.17, 15) is 0 Å². The molecule has 1 unspecified atom stereocenters. The molecule has 0 spiro atoms. The first kappa shape index (κ1) is 12.1. The molecule has 0 bridgehead atoms. The van der Waals surface area contributed by atoms with Gasteiger partial charge in [-0.1, -0.05) is 47.8 Å². The van der Waals surface area contributed by atoms with Crippen molar-refractivity contribution < 1.29 is 0 Å². The largest absolute Gasteiger partial charge is 0.310 e. The van der Waals surface area contributed by atoms with Crippen molar-refractivity contribution in [1.82, 2.24) is 5.32 Å². The highest BCUT2D eigenvalue weighted by Crippen LogP contribution is 2.37. The van der Waals surface area contributed by atoms with Crippen LogP contribution < -0.4 is 5.32 Å². The Kier molecular flexibility index (Phi) is 4.42. The van der Waals surface area contributed by atoms with E-state index in [1.54, 1.807) is 0 Å². The molecule has 88 valence electrons. The van der Waals surface area contributed by atoms with Crippen LogP contribution in [0.25, 0.3) is 0 Å². The molecule has 2 heteroatoms. The average Bonchev–Trinajstić information content (AvgIpc) is 3.08. The molecule has 2 rings (SSSR count). The van der Waals surface area contributed by atoms with Gasteiger partial charge in [-0.2, -0.15) is 0 Å². The minimum Gasteiger partial charge on any atom is -0.310 e. The van der Waals surface area contributed by atoms with E-state index >= 15 is 0 Å². The third kappa shape index (κ3) is 3.60. The van der Waals surface area contributed by atoms with Crippen molar-refractivity contribution in [2.75, 3.05) is 6.54 Å². The van der Waals surface area contributed by atoms with Crippen molar-refractivity contribution in [3.63, 3.8) is 0 Å². The highest BCUT2D eigenvalue weighted by molar-refractivity contribution is 9.10. The van der Waals surface area contributed by atoms with Crippen molar-refractivity contribution >= 4 is 15.9 Å². The van der Waals surface area contributed by atoms with Crippen LogP contribution in [0, 0.1) is 5.92 Å². The number of nitrogens with one attached hydrogen (secondary N) is 1. The zero-order valence-electron chi connectivity index (χ0n) is 9.88. The smallest absolute Gasteiger partial charge is 0.0323 e. The summed E-state index contributed by atoms with van der Waals surface area (Å²) in [5.41, 5.74) is 1.43. The molecular formula is C14H20BrN. The van der Waals surface area contributed by atoms with E-state index in [0.29, 0.717) is 6.04 Å². The highest BCUT2D eigenvalue weighted by Gasteiger charge is 2.25. The molecule has 0 aliphatic heterocycles. The second-order valence-corrected chi connectivity index (χ2v) is 5.66. The standard InChI is InChI=1S/C14H20BrN/c1-2-8-16-14(9-11-6-7-11)12-4-3-5-13(15)10-12/h3-5,10-11,14,16H,2,6-9H2,1H3. The number of hydrogen-bond donors (Lipinski definition) is 1. The van der Waals surface area contributed by atoms with Gasteiger partial charge in [0, 0.05) is 10.5 Å². The van der Waals surface area contributed by atoms with Gasteiger partial charge in [-0.25, -0.2) is 0 Å². The minimum absolute atomic E-state index is 0.546. The van der Waals surface area contributed by atoms with Crippen LogP contribution in [0.4, 0.5) is 0 Å². The van der Waals surface area contributed by atoms with Crippen LogP contribution in [-0.2, 0) is 0 Å². The van der Waals surface area contributed by atoms with Gasteiger partial charge in [0.25, 0.3) is 0 Å². The maximum atomic E-state index is 3.66. The maximum Gasteiger partial charge on any atom is 0.0323 e. The van der Waals surface area contributed by atoms with Gasteiger partial charge in [0.05, 0.1) is 0 Å². The van der Waals surface area contributed by atoms with Crippen LogP contribution in [-0.4, -0.2) is 6.54 Å². The Bertz CT molecular complexity index is 333. The first-order valence-corrected chi connectivity index (χ1v) is 7.07. The molecule has 1 saturated carbocycles. The fraction of sp³-hybridized carbons (Fsp3) is 0.571. The lowest BCUT2D eigenvalue weighted by molar-refractivity contribution is 0.474. The van der Waals surface area contributed by atoms with Crippen LogP contribution in [0.3, 0.4) is 0 Å². The molecule has 0 radical (unpaired) electrons. The Morgan fingerprint density at radius 2 is 2.25 bits per heavy atom. The zero-order valence-corrected chi connectivity index (χ0v) is 11.5. The predicted molar refractivity (Wildman–Crippen MR) is 72.5 cm³/mol. The third-order valence-corrected chi connectivity index (χ3v) is 3.65. The molecule has 16 heavy (non-hydrogen) atoms. The lowest BCUT2D eigenvalue weighted by Gasteiger charge is -2.19. The fourth-order valence-electron chi connectivity index (χ4n) is 2.07. The van der Waals surface area contributed by atoms with Crippen LogP contribution in [0.15, 0.2) is 28.7 Å². The molecule has 1 aromatic carbocycles. The topological polar surface area (TPSA) is 12.0 Å². The van der Waals surface area contributed by atoms with Gasteiger partial charge in [0.1, 0.15) is 0 Å². The molecule has 0 amide bonds. The number of halogens is 1. The van der Waals surface area contributed by atoms with Crippen molar-refractivity contribution in [2.24, 2.45) is 5.92 Å². The van der Waals surface area contributed by atoms with E-state index in [1.807, 2.05) is 0 Å². The number of hydrogen-bond acceptors (Lipinski definition) is 1. The Morgan fingerprint density at radius 3 is 2.88 bits per heavy atom. The van der Waals surface area contributed by atoms with Gasteiger partial charge in [-0.3, -0.25) is 0 Å². The summed E-state index contributed by atoms with van der Waals surface area (Å²) < 4.78 is 1.18. The summed E-state index contributed by atoms with van der Waals surface area (Å²) in [6.45, 7) is 3.34. The van der Waals surface area contributed by atoms with Gasteiger partial charge in [-0.15, -0.1) is 0 Å². The summed E-state index contributed by atoms with van der Waals surface area (Å²) in [7, 11) is 0. The number of benzene rings is 1. The van der Waals surface area contributed by atoms with Crippen molar-refractivity contribution in [1.29, 1.82) is 0 Å². The molecule has 0 saturated heterocycles. The van der Waals surface area contributed by atoms with E-state index in [1.165, 1.54) is 35.7 Å². The fourth-order valence-corrected chi connectivity index (χ4v) is 2.48. The summed E-state index contributed by atoms with van der Waals surface area (Å²) in [4.78, 5) is 0. The van der Waals surface area contributed by atoms with E-state index in [-0.39, 0.29) is 0 Å². The molecule has 0 heterocycles. The van der Waals surface area contributed by atoms with Gasteiger partial charge in [-0.05, 0) is 43.0 Å². The monoisotopic (exact) mass is 281 g/mol. The van der Waals surface area contributed by atoms with Crippen molar-refractivity contribution in [2.45, 2.75) is 38.6 Å². The summed E-state index contributed by atoms with van der Waals surface area (Å²) in [6.07, 6.45) is 5.36. The first-order valence-electron chi connectivity index (χ1n) is 6.28. The molecule has 1 nitrogen and oxygen atoms in total. The van der Waals surface area contributed by atoms with Gasteiger partial charge < -0.3 is 5.32 Å². The Morgan fingerprint density at radius 1 is 1.44 bits per heavy atom. The summed E-state index contributed by atoms with van der Waals surface area (Å²) in [6, 6.07) is 9.26. The average molecular weight is 282 g/mol. The number of rotatable bonds is 6. The molecule has 1 aliphatic rings. The van der Waals surface area contributed by atoms with Gasteiger partial charge >= 0.3 is 0 Å².